The summed E-state index contributed by atoms with van der Waals surface area (Å²) in [4.78, 5) is 29.2. The zero-order valence-electron chi connectivity index (χ0n) is 15.8. The summed E-state index contributed by atoms with van der Waals surface area (Å²) in [5.41, 5.74) is 2.49. The van der Waals surface area contributed by atoms with Gasteiger partial charge in [-0.25, -0.2) is 0 Å². The highest BCUT2D eigenvalue weighted by Crippen LogP contribution is 2.28. The van der Waals surface area contributed by atoms with E-state index in [4.69, 9.17) is 27.9 Å². The molecule has 1 heterocycles. The Labute approximate surface area is 183 Å². The van der Waals surface area contributed by atoms with Gasteiger partial charge in [0.05, 0.1) is 6.42 Å². The number of aromatic amines is 1. The molecule has 30 heavy (non-hydrogen) atoms. The topological polar surface area (TPSA) is 59.2 Å². The van der Waals surface area contributed by atoms with Crippen LogP contribution in [0.1, 0.15) is 27.6 Å². The van der Waals surface area contributed by atoms with Crippen molar-refractivity contribution in [1.82, 2.24) is 4.98 Å². The number of para-hydroxylation sites is 1. The Bertz CT molecular complexity index is 1220. The van der Waals surface area contributed by atoms with E-state index >= 15 is 0 Å². The van der Waals surface area contributed by atoms with Crippen molar-refractivity contribution in [2.45, 2.75) is 12.5 Å². The molecule has 6 heteroatoms. The predicted octanol–water partition coefficient (Wildman–Crippen LogP) is 6.18. The SMILES string of the molecule is O=C(Cc1ccc(Cl)cc1Cl)O[C@H](C(=O)c1c[nH]c2ccccc12)c1ccccc1. The predicted molar refractivity (Wildman–Crippen MR) is 118 cm³/mol. The summed E-state index contributed by atoms with van der Waals surface area (Å²) in [6, 6.07) is 21.4. The van der Waals surface area contributed by atoms with Gasteiger partial charge in [0.15, 0.2) is 6.10 Å². The highest BCUT2D eigenvalue weighted by Gasteiger charge is 2.28. The van der Waals surface area contributed by atoms with Crippen LogP contribution in [0.3, 0.4) is 0 Å². The molecule has 1 aromatic heterocycles. The molecule has 1 N–H and O–H groups in total. The van der Waals surface area contributed by atoms with Gasteiger partial charge < -0.3 is 9.72 Å². The molecule has 0 unspecified atom stereocenters. The lowest BCUT2D eigenvalue weighted by atomic mass is 9.99. The van der Waals surface area contributed by atoms with Crippen molar-refractivity contribution in [2.24, 2.45) is 0 Å². The Hall–Kier alpha value is -3.08. The number of esters is 1. The summed E-state index contributed by atoms with van der Waals surface area (Å²) in [6.45, 7) is 0. The van der Waals surface area contributed by atoms with Gasteiger partial charge in [0.25, 0.3) is 0 Å². The van der Waals surface area contributed by atoms with Crippen molar-refractivity contribution < 1.29 is 14.3 Å². The summed E-state index contributed by atoms with van der Waals surface area (Å²) in [5, 5.41) is 1.63. The molecule has 3 aromatic carbocycles. The number of ether oxygens (including phenoxy) is 1. The molecule has 0 spiro atoms. The third-order valence-electron chi connectivity index (χ3n) is 4.79. The standard InChI is InChI=1S/C24H17Cl2NO3/c25-17-11-10-16(20(26)13-17)12-22(28)30-24(15-6-2-1-3-7-15)23(29)19-14-27-21-9-5-4-8-18(19)21/h1-11,13-14,24,27H,12H2/t24-/m0/s1. The first-order valence-corrected chi connectivity index (χ1v) is 10.1. The van der Waals surface area contributed by atoms with Crippen LogP contribution >= 0.6 is 23.2 Å². The largest absolute Gasteiger partial charge is 0.449 e. The van der Waals surface area contributed by atoms with Gasteiger partial charge in [-0.1, -0.05) is 77.8 Å². The fourth-order valence-corrected chi connectivity index (χ4v) is 3.79. The Kier molecular flexibility index (Phi) is 5.88. The zero-order valence-corrected chi connectivity index (χ0v) is 17.3. The Balaban J connectivity index is 1.63. The maximum Gasteiger partial charge on any atom is 0.311 e. The van der Waals surface area contributed by atoms with E-state index in [-0.39, 0.29) is 12.2 Å². The number of ketones is 1. The molecule has 0 fully saturated rings. The Morgan fingerprint density at radius 1 is 0.933 bits per heavy atom. The number of fused-ring (bicyclic) bond motifs is 1. The van der Waals surface area contributed by atoms with Crippen LogP contribution in [-0.2, 0) is 16.0 Å². The molecule has 4 aromatic rings. The molecule has 4 rings (SSSR count). The first-order chi connectivity index (χ1) is 14.5. The van der Waals surface area contributed by atoms with Crippen molar-refractivity contribution >= 4 is 45.9 Å². The fraction of sp³-hybridized carbons (Fsp3) is 0.0833. The number of halogens is 2. The number of hydrogen-bond acceptors (Lipinski definition) is 3. The quantitative estimate of drug-likeness (QED) is 0.289. The Morgan fingerprint density at radius 2 is 1.67 bits per heavy atom. The smallest absolute Gasteiger partial charge is 0.311 e. The van der Waals surface area contributed by atoms with Gasteiger partial charge in [-0.15, -0.1) is 0 Å². The van der Waals surface area contributed by atoms with Crippen LogP contribution in [0, 0.1) is 0 Å². The molecule has 1 atom stereocenters. The van der Waals surface area contributed by atoms with Gasteiger partial charge >= 0.3 is 5.97 Å². The van der Waals surface area contributed by atoms with Gasteiger partial charge in [-0.3, -0.25) is 9.59 Å². The molecule has 0 amide bonds. The van der Waals surface area contributed by atoms with Crippen LogP contribution in [-0.4, -0.2) is 16.7 Å². The van der Waals surface area contributed by atoms with Crippen LogP contribution in [0.2, 0.25) is 10.0 Å². The first kappa shape index (κ1) is 20.2. The number of benzene rings is 3. The number of aromatic nitrogens is 1. The molecule has 0 radical (unpaired) electrons. The number of carbonyl (C=O) groups excluding carboxylic acids is 2. The maximum atomic E-state index is 13.4. The van der Waals surface area contributed by atoms with Crippen molar-refractivity contribution in [3.05, 3.63) is 106 Å². The normalized spacial score (nSPS) is 11.9. The average molecular weight is 438 g/mol. The summed E-state index contributed by atoms with van der Waals surface area (Å²) in [5.74, 6) is -0.851. The number of hydrogen-bond donors (Lipinski definition) is 1. The summed E-state index contributed by atoms with van der Waals surface area (Å²) in [7, 11) is 0. The van der Waals surface area contributed by atoms with E-state index < -0.39 is 12.1 Å². The molecule has 0 aliphatic carbocycles. The van der Waals surface area contributed by atoms with Crippen molar-refractivity contribution in [3.8, 4) is 0 Å². The molecular weight excluding hydrogens is 421 g/mol. The van der Waals surface area contributed by atoms with E-state index in [2.05, 4.69) is 4.98 Å². The van der Waals surface area contributed by atoms with E-state index in [1.807, 2.05) is 30.3 Å². The highest BCUT2D eigenvalue weighted by molar-refractivity contribution is 6.35. The number of rotatable bonds is 6. The van der Waals surface area contributed by atoms with Gasteiger partial charge in [0.1, 0.15) is 0 Å². The number of H-pyrrole nitrogens is 1. The number of Topliss-reactive ketones (excluding diaryl/α,β-unsaturated/α-hetero) is 1. The van der Waals surface area contributed by atoms with Crippen LogP contribution < -0.4 is 0 Å². The molecule has 4 nitrogen and oxygen atoms in total. The van der Waals surface area contributed by atoms with E-state index in [0.29, 0.717) is 26.7 Å². The van der Waals surface area contributed by atoms with Gasteiger partial charge in [0.2, 0.25) is 5.78 Å². The molecule has 0 saturated carbocycles. The third kappa shape index (κ3) is 4.25. The maximum absolute atomic E-state index is 13.4. The van der Waals surface area contributed by atoms with Crippen LogP contribution in [0.5, 0.6) is 0 Å². The number of nitrogens with one attached hydrogen (secondary N) is 1. The fourth-order valence-electron chi connectivity index (χ4n) is 3.31. The second-order valence-corrected chi connectivity index (χ2v) is 7.65. The lowest BCUT2D eigenvalue weighted by Crippen LogP contribution is -2.21. The summed E-state index contributed by atoms with van der Waals surface area (Å²) < 4.78 is 5.67. The van der Waals surface area contributed by atoms with E-state index in [1.54, 1.807) is 48.7 Å². The van der Waals surface area contributed by atoms with Crippen LogP contribution in [0.25, 0.3) is 10.9 Å². The minimum absolute atomic E-state index is 0.0689. The average Bonchev–Trinajstić information content (AvgIpc) is 3.18. The zero-order chi connectivity index (χ0) is 21.1. The van der Waals surface area contributed by atoms with Crippen molar-refractivity contribution in [2.75, 3.05) is 0 Å². The van der Waals surface area contributed by atoms with Gasteiger partial charge in [-0.05, 0) is 23.8 Å². The van der Waals surface area contributed by atoms with Crippen LogP contribution in [0.4, 0.5) is 0 Å². The van der Waals surface area contributed by atoms with Crippen molar-refractivity contribution in [1.29, 1.82) is 0 Å². The first-order valence-electron chi connectivity index (χ1n) is 9.31. The van der Waals surface area contributed by atoms with Gasteiger partial charge in [0, 0.05) is 38.3 Å². The number of carbonyl (C=O) groups is 2. The molecular formula is C24H17Cl2NO3. The molecule has 0 bridgehead atoms. The highest BCUT2D eigenvalue weighted by atomic mass is 35.5. The second kappa shape index (κ2) is 8.74. The minimum atomic E-state index is -1.07. The lowest BCUT2D eigenvalue weighted by Gasteiger charge is -2.17. The van der Waals surface area contributed by atoms with Crippen LogP contribution in [0.15, 0.2) is 79.0 Å². The second-order valence-electron chi connectivity index (χ2n) is 6.81. The molecule has 0 aliphatic rings. The van der Waals surface area contributed by atoms with E-state index in [9.17, 15) is 9.59 Å². The minimum Gasteiger partial charge on any atom is -0.449 e. The molecule has 0 aliphatic heterocycles. The lowest BCUT2D eigenvalue weighted by molar-refractivity contribution is -0.146. The Morgan fingerprint density at radius 3 is 2.43 bits per heavy atom. The third-order valence-corrected chi connectivity index (χ3v) is 5.38. The van der Waals surface area contributed by atoms with Crippen molar-refractivity contribution in [3.63, 3.8) is 0 Å². The van der Waals surface area contributed by atoms with E-state index in [0.717, 1.165) is 10.9 Å². The molecule has 150 valence electrons. The van der Waals surface area contributed by atoms with Gasteiger partial charge in [-0.2, -0.15) is 0 Å². The summed E-state index contributed by atoms with van der Waals surface area (Å²) in [6.07, 6.45) is 0.511. The molecule has 0 saturated heterocycles. The summed E-state index contributed by atoms with van der Waals surface area (Å²) >= 11 is 12.1. The van der Waals surface area contributed by atoms with E-state index in [1.165, 1.54) is 0 Å². The monoisotopic (exact) mass is 437 g/mol.